The fourth-order valence-electron chi connectivity index (χ4n) is 3.33. The van der Waals surface area contributed by atoms with E-state index in [-0.39, 0.29) is 5.82 Å². The third-order valence-corrected chi connectivity index (χ3v) is 4.32. The number of aromatic nitrogens is 1. The maximum Gasteiger partial charge on any atom is 0.123 e. The topological polar surface area (TPSA) is 12.9 Å². The van der Waals surface area contributed by atoms with E-state index in [0.29, 0.717) is 0 Å². The summed E-state index contributed by atoms with van der Waals surface area (Å²) in [6.45, 7) is 0. The first-order valence-electron chi connectivity index (χ1n) is 7.45. The Morgan fingerprint density at radius 1 is 1.00 bits per heavy atom. The molecular weight excluding hydrogens is 261 g/mol. The summed E-state index contributed by atoms with van der Waals surface area (Å²) in [6, 6.07) is 15.3. The van der Waals surface area contributed by atoms with Gasteiger partial charge in [-0.3, -0.25) is 4.98 Å². The smallest absolute Gasteiger partial charge is 0.123 e. The molecule has 3 aromatic rings. The number of hydrogen-bond donors (Lipinski definition) is 0. The molecule has 1 aromatic heterocycles. The van der Waals surface area contributed by atoms with Gasteiger partial charge in [-0.15, -0.1) is 0 Å². The second kappa shape index (κ2) is 4.96. The third-order valence-electron chi connectivity index (χ3n) is 4.32. The van der Waals surface area contributed by atoms with Crippen LogP contribution in [0.15, 0.2) is 48.5 Å². The highest BCUT2D eigenvalue weighted by molar-refractivity contribution is 5.84. The maximum absolute atomic E-state index is 13.7. The van der Waals surface area contributed by atoms with Gasteiger partial charge in [-0.05, 0) is 60.6 Å². The Morgan fingerprint density at radius 2 is 1.86 bits per heavy atom. The van der Waals surface area contributed by atoms with Gasteiger partial charge >= 0.3 is 0 Å². The Labute approximate surface area is 123 Å². The summed E-state index contributed by atoms with van der Waals surface area (Å²) in [5.41, 5.74) is 6.00. The lowest BCUT2D eigenvalue weighted by molar-refractivity contribution is 0.629. The summed E-state index contributed by atoms with van der Waals surface area (Å²) >= 11 is 0. The molecule has 1 aliphatic rings. The van der Waals surface area contributed by atoms with E-state index in [2.05, 4.69) is 24.3 Å². The normalized spacial score (nSPS) is 13.6. The predicted octanol–water partition coefficient (Wildman–Crippen LogP) is 4.45. The Balaban J connectivity index is 1.94. The van der Waals surface area contributed by atoms with Crippen molar-refractivity contribution < 1.29 is 4.39 Å². The van der Waals surface area contributed by atoms with Crippen molar-refractivity contribution in [3.8, 4) is 0 Å². The Hall–Kier alpha value is -2.22. The van der Waals surface area contributed by atoms with Crippen molar-refractivity contribution in [1.82, 2.24) is 4.98 Å². The van der Waals surface area contributed by atoms with Gasteiger partial charge in [0.05, 0.1) is 5.52 Å². The van der Waals surface area contributed by atoms with E-state index >= 15 is 0 Å². The molecule has 1 aliphatic carbocycles. The highest BCUT2D eigenvalue weighted by atomic mass is 19.1. The average Bonchev–Trinajstić information content (AvgIpc) is 2.97. The molecule has 0 saturated heterocycles. The minimum absolute atomic E-state index is 0.184. The molecule has 21 heavy (non-hydrogen) atoms. The van der Waals surface area contributed by atoms with E-state index in [1.165, 1.54) is 28.5 Å². The van der Waals surface area contributed by atoms with Gasteiger partial charge < -0.3 is 0 Å². The summed E-state index contributed by atoms with van der Waals surface area (Å²) in [7, 11) is 0. The first-order valence-corrected chi connectivity index (χ1v) is 7.45. The quantitative estimate of drug-likeness (QED) is 0.674. The Bertz CT molecular complexity index is 809. The largest absolute Gasteiger partial charge is 0.253 e. The van der Waals surface area contributed by atoms with E-state index in [0.717, 1.165) is 36.6 Å². The number of hydrogen-bond acceptors (Lipinski definition) is 1. The molecule has 0 aliphatic heterocycles. The lowest BCUT2D eigenvalue weighted by Crippen LogP contribution is -2.00. The molecule has 0 unspecified atom stereocenters. The van der Waals surface area contributed by atoms with Gasteiger partial charge in [0, 0.05) is 11.1 Å². The number of fused-ring (bicyclic) bond motifs is 2. The molecule has 2 heteroatoms. The van der Waals surface area contributed by atoms with E-state index in [1.54, 1.807) is 12.1 Å². The predicted molar refractivity (Wildman–Crippen MR) is 83.0 cm³/mol. The molecule has 0 bridgehead atoms. The molecule has 1 nitrogen and oxygen atoms in total. The molecule has 0 atom stereocenters. The zero-order valence-corrected chi connectivity index (χ0v) is 11.8. The summed E-state index contributed by atoms with van der Waals surface area (Å²) in [6.07, 6.45) is 4.12. The molecule has 104 valence electrons. The van der Waals surface area contributed by atoms with Crippen LogP contribution in [0.2, 0.25) is 0 Å². The standard InChI is InChI=1S/C19H16FN/c20-14-9-10-19-17(12-14)16(11-13-5-2-1-3-6-13)15-7-4-8-18(15)21-19/h1-3,5-6,9-10,12H,4,7-8,11H2. The molecule has 0 radical (unpaired) electrons. The number of rotatable bonds is 2. The van der Waals surface area contributed by atoms with Crippen molar-refractivity contribution in [3.05, 3.63) is 76.7 Å². The number of nitrogens with zero attached hydrogens (tertiary/aromatic N) is 1. The number of halogens is 1. The second-order valence-electron chi connectivity index (χ2n) is 5.69. The Kier molecular flexibility index (Phi) is 2.95. The summed E-state index contributed by atoms with van der Waals surface area (Å²) in [5, 5.41) is 0.972. The average molecular weight is 277 g/mol. The number of pyridine rings is 1. The first-order chi connectivity index (χ1) is 10.3. The molecule has 4 rings (SSSR count). The summed E-state index contributed by atoms with van der Waals surface area (Å²) in [4.78, 5) is 4.73. The van der Waals surface area contributed by atoms with Gasteiger partial charge in [0.1, 0.15) is 5.82 Å². The van der Waals surface area contributed by atoms with E-state index in [1.807, 2.05) is 6.07 Å². The minimum atomic E-state index is -0.184. The van der Waals surface area contributed by atoms with Crippen molar-refractivity contribution in [2.24, 2.45) is 0 Å². The SMILES string of the molecule is Fc1ccc2nc3c(c(Cc4ccccc4)c2c1)CCC3. The second-order valence-corrected chi connectivity index (χ2v) is 5.69. The third kappa shape index (κ3) is 2.21. The van der Waals surface area contributed by atoms with Gasteiger partial charge in [0.2, 0.25) is 0 Å². The van der Waals surface area contributed by atoms with Crippen LogP contribution in [0.25, 0.3) is 10.9 Å². The molecule has 0 N–H and O–H groups in total. The molecule has 2 aromatic carbocycles. The van der Waals surface area contributed by atoms with E-state index in [4.69, 9.17) is 4.98 Å². The molecule has 0 fully saturated rings. The lowest BCUT2D eigenvalue weighted by atomic mass is 9.95. The zero-order valence-electron chi connectivity index (χ0n) is 11.8. The summed E-state index contributed by atoms with van der Waals surface area (Å²) in [5.74, 6) is -0.184. The molecule has 0 saturated carbocycles. The fourth-order valence-corrected chi connectivity index (χ4v) is 3.33. The summed E-state index contributed by atoms with van der Waals surface area (Å²) < 4.78 is 13.7. The van der Waals surface area contributed by atoms with Gasteiger partial charge in [0.15, 0.2) is 0 Å². The van der Waals surface area contributed by atoms with Crippen LogP contribution in [-0.2, 0) is 19.3 Å². The van der Waals surface area contributed by atoms with Crippen molar-refractivity contribution in [2.45, 2.75) is 25.7 Å². The highest BCUT2D eigenvalue weighted by Crippen LogP contribution is 2.31. The minimum Gasteiger partial charge on any atom is -0.253 e. The number of benzene rings is 2. The number of aryl methyl sites for hydroxylation is 1. The van der Waals surface area contributed by atoms with Crippen LogP contribution in [0.3, 0.4) is 0 Å². The first kappa shape index (κ1) is 12.5. The van der Waals surface area contributed by atoms with Gasteiger partial charge in [-0.2, -0.15) is 0 Å². The van der Waals surface area contributed by atoms with Crippen LogP contribution < -0.4 is 0 Å². The van der Waals surface area contributed by atoms with Crippen molar-refractivity contribution in [1.29, 1.82) is 0 Å². The van der Waals surface area contributed by atoms with Gasteiger partial charge in [-0.25, -0.2) is 4.39 Å². The lowest BCUT2D eigenvalue weighted by Gasteiger charge is -2.13. The highest BCUT2D eigenvalue weighted by Gasteiger charge is 2.19. The van der Waals surface area contributed by atoms with Crippen LogP contribution in [0, 0.1) is 5.82 Å². The molecule has 1 heterocycles. The van der Waals surface area contributed by atoms with Crippen molar-refractivity contribution in [2.75, 3.05) is 0 Å². The monoisotopic (exact) mass is 277 g/mol. The van der Waals surface area contributed by atoms with Crippen molar-refractivity contribution >= 4 is 10.9 Å². The van der Waals surface area contributed by atoms with Crippen LogP contribution in [0.1, 0.15) is 28.8 Å². The van der Waals surface area contributed by atoms with Gasteiger partial charge in [0.25, 0.3) is 0 Å². The maximum atomic E-state index is 13.7. The van der Waals surface area contributed by atoms with Gasteiger partial charge in [-0.1, -0.05) is 30.3 Å². The molecule has 0 amide bonds. The molecule has 0 spiro atoms. The Morgan fingerprint density at radius 3 is 2.71 bits per heavy atom. The van der Waals surface area contributed by atoms with Crippen LogP contribution >= 0.6 is 0 Å². The van der Waals surface area contributed by atoms with Crippen molar-refractivity contribution in [3.63, 3.8) is 0 Å². The fraction of sp³-hybridized carbons (Fsp3) is 0.211. The molecular formula is C19H16FN. The van der Waals surface area contributed by atoms with Crippen LogP contribution in [0.5, 0.6) is 0 Å². The van der Waals surface area contributed by atoms with E-state index in [9.17, 15) is 4.39 Å². The van der Waals surface area contributed by atoms with Crippen LogP contribution in [0.4, 0.5) is 4.39 Å². The van der Waals surface area contributed by atoms with E-state index < -0.39 is 0 Å². The van der Waals surface area contributed by atoms with Crippen LogP contribution in [-0.4, -0.2) is 4.98 Å². The zero-order chi connectivity index (χ0) is 14.2.